The molecule has 2 saturated heterocycles. The second-order valence-electron chi connectivity index (χ2n) is 25.4. The van der Waals surface area contributed by atoms with Crippen LogP contribution in [0.25, 0.3) is 0 Å². The monoisotopic (exact) mass is 1210 g/mol. The summed E-state index contributed by atoms with van der Waals surface area (Å²) in [4.78, 5) is 13.3. The summed E-state index contributed by atoms with van der Waals surface area (Å²) < 4.78 is 22.8. The highest BCUT2D eigenvalue weighted by atomic mass is 16.7. The van der Waals surface area contributed by atoms with Gasteiger partial charge in [0.1, 0.15) is 48.8 Å². The van der Waals surface area contributed by atoms with E-state index in [4.69, 9.17) is 18.9 Å². The number of ether oxygens (including phenoxy) is 4. The van der Waals surface area contributed by atoms with Crippen molar-refractivity contribution >= 4 is 5.91 Å². The van der Waals surface area contributed by atoms with Crippen molar-refractivity contribution in [1.82, 2.24) is 5.32 Å². The fourth-order valence-electron chi connectivity index (χ4n) is 11.9. The number of aliphatic hydroxyl groups excluding tert-OH is 8. The lowest BCUT2D eigenvalue weighted by Gasteiger charge is -2.46. The molecule has 0 aliphatic carbocycles. The molecule has 0 bridgehead atoms. The molecule has 0 saturated carbocycles. The minimum Gasteiger partial charge on any atom is -0.394 e. The number of hydrogen-bond donors (Lipinski definition) is 9. The van der Waals surface area contributed by atoms with Crippen molar-refractivity contribution in [3.63, 3.8) is 0 Å². The van der Waals surface area contributed by atoms with Crippen LogP contribution >= 0.6 is 0 Å². The third-order valence-corrected chi connectivity index (χ3v) is 17.6. The molecule has 0 aromatic carbocycles. The maximum atomic E-state index is 13.3. The molecule has 2 rings (SSSR count). The van der Waals surface area contributed by atoms with E-state index in [0.717, 1.165) is 44.9 Å². The quantitative estimate of drug-likeness (QED) is 0.0204. The highest BCUT2D eigenvalue weighted by Crippen LogP contribution is 2.30. The number of aliphatic hydroxyl groups is 8. The topological polar surface area (TPSA) is 228 Å². The normalized spacial score (nSPS) is 23.7. The highest BCUT2D eigenvalue weighted by Gasteiger charge is 2.51. The minimum absolute atomic E-state index is 0.248. The second-order valence-corrected chi connectivity index (χ2v) is 25.4. The molecular weight excluding hydrogens is 1070 g/mol. The number of carbonyl (C=O) groups excluding carboxylic acids is 1. The standard InChI is InChI=1S/C71H133NO13/c1-3-5-7-9-11-13-15-17-19-21-23-24-25-26-27-28-29-30-31-32-33-34-35-37-38-40-42-44-46-48-50-52-54-60(75)59(72-63(76)55-53-51-49-47-45-43-41-39-36-22-20-18-16-14-12-10-8-6-4-2)58-82-70-68(81)66(79)69(62(57-74)84-70)85-71-67(80)65(78)64(77)61(56-73)83-71/h37-38,44,46,52,54,59-62,64-71,73-75,77-81H,3-36,39-43,45,47-51,53,55-58H2,1-2H3,(H,72,76)/b38-37+,46-44+,54-52+. The zero-order chi connectivity index (χ0) is 61.6. The number of amides is 1. The van der Waals surface area contributed by atoms with Gasteiger partial charge in [-0.15, -0.1) is 0 Å². The van der Waals surface area contributed by atoms with Crippen LogP contribution in [0.3, 0.4) is 0 Å². The number of carbonyl (C=O) groups is 1. The zero-order valence-electron chi connectivity index (χ0n) is 54.4. The summed E-state index contributed by atoms with van der Waals surface area (Å²) in [6.45, 7) is 2.82. The van der Waals surface area contributed by atoms with E-state index >= 15 is 0 Å². The first-order valence-corrected chi connectivity index (χ1v) is 35.7. The van der Waals surface area contributed by atoms with Gasteiger partial charge < -0.3 is 65.1 Å². The Balaban J connectivity index is 1.68. The first-order valence-electron chi connectivity index (χ1n) is 35.7. The van der Waals surface area contributed by atoms with Crippen molar-refractivity contribution in [1.29, 1.82) is 0 Å². The van der Waals surface area contributed by atoms with Crippen LogP contribution < -0.4 is 5.32 Å². The lowest BCUT2D eigenvalue weighted by molar-refractivity contribution is -0.359. The molecule has 9 N–H and O–H groups in total. The summed E-state index contributed by atoms with van der Waals surface area (Å²) in [5, 5.41) is 87.4. The molecule has 1 amide bonds. The molecule has 0 aromatic rings. The van der Waals surface area contributed by atoms with E-state index in [1.54, 1.807) is 6.08 Å². The maximum Gasteiger partial charge on any atom is 0.220 e. The van der Waals surface area contributed by atoms with Crippen LogP contribution in [0, 0.1) is 0 Å². The van der Waals surface area contributed by atoms with Gasteiger partial charge in [0.15, 0.2) is 12.6 Å². The summed E-state index contributed by atoms with van der Waals surface area (Å²) >= 11 is 0. The van der Waals surface area contributed by atoms with Gasteiger partial charge in [0.2, 0.25) is 5.91 Å². The van der Waals surface area contributed by atoms with E-state index in [9.17, 15) is 45.6 Å². The molecule has 12 atom stereocenters. The first kappa shape index (κ1) is 79.3. The van der Waals surface area contributed by atoms with E-state index in [0.29, 0.717) is 12.8 Å². The van der Waals surface area contributed by atoms with E-state index in [1.165, 1.54) is 238 Å². The molecule has 12 unspecified atom stereocenters. The maximum absolute atomic E-state index is 13.3. The Kier molecular flexibility index (Phi) is 52.4. The van der Waals surface area contributed by atoms with Crippen LogP contribution in [0.2, 0.25) is 0 Å². The summed E-state index contributed by atoms with van der Waals surface area (Å²) in [5.74, 6) is -0.248. The van der Waals surface area contributed by atoms with Crippen molar-refractivity contribution in [2.45, 2.75) is 389 Å². The largest absolute Gasteiger partial charge is 0.394 e. The average Bonchev–Trinajstić information content (AvgIpc) is 3.70. The lowest BCUT2D eigenvalue weighted by atomic mass is 9.97. The van der Waals surface area contributed by atoms with Crippen molar-refractivity contribution in [3.8, 4) is 0 Å². The van der Waals surface area contributed by atoms with Crippen molar-refractivity contribution in [3.05, 3.63) is 36.5 Å². The summed E-state index contributed by atoms with van der Waals surface area (Å²) in [5.41, 5.74) is 0. The molecule has 2 fully saturated rings. The van der Waals surface area contributed by atoms with Gasteiger partial charge in [-0.2, -0.15) is 0 Å². The minimum atomic E-state index is -1.79. The molecule has 0 radical (unpaired) electrons. The number of unbranched alkanes of at least 4 members (excludes halogenated alkanes) is 42. The lowest BCUT2D eigenvalue weighted by Crippen LogP contribution is -2.65. The molecule has 14 nitrogen and oxygen atoms in total. The van der Waals surface area contributed by atoms with Gasteiger partial charge in [-0.1, -0.05) is 301 Å². The summed E-state index contributed by atoms with van der Waals surface area (Å²) in [6, 6.07) is -0.937. The fourth-order valence-corrected chi connectivity index (χ4v) is 11.9. The number of rotatable bonds is 59. The highest BCUT2D eigenvalue weighted by molar-refractivity contribution is 5.76. The van der Waals surface area contributed by atoms with E-state index in [1.807, 2.05) is 6.08 Å². The Morgan fingerprint density at radius 1 is 0.412 bits per heavy atom. The Labute approximate surface area is 519 Å². The molecule has 85 heavy (non-hydrogen) atoms. The third-order valence-electron chi connectivity index (χ3n) is 17.6. The molecule has 500 valence electrons. The van der Waals surface area contributed by atoms with Gasteiger partial charge in [-0.05, 0) is 44.9 Å². The molecule has 2 aliphatic rings. The fraction of sp³-hybridized carbons (Fsp3) is 0.901. The van der Waals surface area contributed by atoms with Crippen LogP contribution in [0.5, 0.6) is 0 Å². The summed E-state index contributed by atoms with van der Waals surface area (Å²) in [6.07, 6.45) is 55.0. The van der Waals surface area contributed by atoms with Gasteiger partial charge >= 0.3 is 0 Å². The molecule has 2 heterocycles. The number of allylic oxidation sites excluding steroid dienone is 5. The Morgan fingerprint density at radius 3 is 1.15 bits per heavy atom. The van der Waals surface area contributed by atoms with Gasteiger partial charge in [0.25, 0.3) is 0 Å². The van der Waals surface area contributed by atoms with Crippen molar-refractivity contribution in [2.75, 3.05) is 19.8 Å². The molecule has 0 aromatic heterocycles. The van der Waals surface area contributed by atoms with Crippen molar-refractivity contribution in [2.24, 2.45) is 0 Å². The first-order chi connectivity index (χ1) is 41.6. The van der Waals surface area contributed by atoms with Gasteiger partial charge in [0, 0.05) is 6.42 Å². The third kappa shape index (κ3) is 40.5. The Hall–Kier alpha value is -1.79. The van der Waals surface area contributed by atoms with Crippen molar-refractivity contribution < 1.29 is 64.6 Å². The van der Waals surface area contributed by atoms with E-state index in [-0.39, 0.29) is 18.9 Å². The summed E-state index contributed by atoms with van der Waals surface area (Å²) in [7, 11) is 0. The smallest absolute Gasteiger partial charge is 0.220 e. The van der Waals surface area contributed by atoms with Gasteiger partial charge in [0.05, 0.1) is 32.0 Å². The predicted octanol–water partition coefficient (Wildman–Crippen LogP) is 14.5. The SMILES string of the molecule is CCCCCCCCCCCCCCCCCCCCCCCC/C=C/CC/C=C/CC/C=C/C(O)C(COC1OC(CO)C(OC2OC(CO)C(O)C(O)C2O)C(O)C1O)NC(=O)CCCCCCCCCCCCCCCCCCCCC. The second kappa shape index (κ2) is 56.2. The predicted molar refractivity (Wildman–Crippen MR) is 346 cm³/mol. The number of nitrogens with one attached hydrogen (secondary N) is 1. The Morgan fingerprint density at radius 2 is 0.753 bits per heavy atom. The molecule has 14 heteroatoms. The number of hydrogen-bond acceptors (Lipinski definition) is 13. The van der Waals surface area contributed by atoms with E-state index in [2.05, 4.69) is 43.5 Å². The van der Waals surface area contributed by atoms with Crippen LogP contribution in [0.4, 0.5) is 0 Å². The van der Waals surface area contributed by atoms with Crippen LogP contribution in [-0.4, -0.2) is 140 Å². The average molecular weight is 1210 g/mol. The van der Waals surface area contributed by atoms with Crippen LogP contribution in [0.1, 0.15) is 316 Å². The molecule has 2 aliphatic heterocycles. The van der Waals surface area contributed by atoms with E-state index < -0.39 is 86.8 Å². The Bertz CT molecular complexity index is 1560. The molecular formula is C71H133NO13. The van der Waals surface area contributed by atoms with Gasteiger partial charge in [-0.3, -0.25) is 4.79 Å². The van der Waals surface area contributed by atoms with Crippen LogP contribution in [0.15, 0.2) is 36.5 Å². The van der Waals surface area contributed by atoms with Crippen LogP contribution in [-0.2, 0) is 23.7 Å². The van der Waals surface area contributed by atoms with Gasteiger partial charge in [-0.25, -0.2) is 0 Å². The molecule has 0 spiro atoms. The zero-order valence-corrected chi connectivity index (χ0v) is 54.4.